The van der Waals surface area contributed by atoms with Crippen molar-refractivity contribution in [2.45, 2.75) is 116 Å². The molecule has 0 saturated heterocycles. The first kappa shape index (κ1) is 25.1. The molecular weight excluding hydrogens is 326 g/mol. The second-order valence-electron chi connectivity index (χ2n) is 7.35. The molecule has 0 fully saturated rings. The lowest BCUT2D eigenvalue weighted by molar-refractivity contribution is -0.122. The lowest BCUT2D eigenvalue weighted by atomic mass is 10.0. The normalized spacial score (nSPS) is 13.8. The highest BCUT2D eigenvalue weighted by Crippen LogP contribution is 2.12. The molecule has 0 aliphatic rings. The number of carbonyl (C=O) groups excluding carboxylic acids is 1. The maximum absolute atomic E-state index is 11.5. The summed E-state index contributed by atoms with van der Waals surface area (Å²) in [6.45, 7) is 3.93. The molecular formula is C22H43NO3. The van der Waals surface area contributed by atoms with Gasteiger partial charge in [-0.15, -0.1) is 0 Å². The van der Waals surface area contributed by atoms with E-state index in [1.165, 1.54) is 64.2 Å². The molecule has 0 rings (SSSR count). The van der Waals surface area contributed by atoms with E-state index in [1.54, 1.807) is 6.08 Å². The number of carbonyl (C=O) groups is 1. The fourth-order valence-electron chi connectivity index (χ4n) is 3.04. The largest absolute Gasteiger partial charge is 0.394 e. The third-order valence-electron chi connectivity index (χ3n) is 4.74. The van der Waals surface area contributed by atoms with Crippen molar-refractivity contribution in [3.05, 3.63) is 12.2 Å². The minimum absolute atomic E-state index is 0.121. The molecule has 0 radical (unpaired) electrons. The van der Waals surface area contributed by atoms with E-state index in [1.807, 2.05) is 13.0 Å². The maximum Gasteiger partial charge on any atom is 0.220 e. The minimum atomic E-state index is -0.825. The van der Waals surface area contributed by atoms with Crippen LogP contribution < -0.4 is 5.32 Å². The quantitative estimate of drug-likeness (QED) is 0.238. The Morgan fingerprint density at radius 2 is 1.42 bits per heavy atom. The number of hydrogen-bond acceptors (Lipinski definition) is 3. The summed E-state index contributed by atoms with van der Waals surface area (Å²) >= 11 is 0. The number of rotatable bonds is 18. The number of allylic oxidation sites excluding steroid dienone is 1. The fraction of sp³-hybridized carbons (Fsp3) is 0.864. The van der Waals surface area contributed by atoms with Gasteiger partial charge in [-0.05, 0) is 19.3 Å². The van der Waals surface area contributed by atoms with Crippen LogP contribution in [-0.4, -0.2) is 34.9 Å². The van der Waals surface area contributed by atoms with Crippen molar-refractivity contribution < 1.29 is 15.0 Å². The number of aliphatic hydroxyl groups excluding tert-OH is 2. The van der Waals surface area contributed by atoms with Crippen molar-refractivity contribution in [3.8, 4) is 0 Å². The van der Waals surface area contributed by atoms with Crippen LogP contribution in [0.3, 0.4) is 0 Å². The van der Waals surface area contributed by atoms with Gasteiger partial charge in [-0.2, -0.15) is 0 Å². The van der Waals surface area contributed by atoms with Crippen LogP contribution in [0.4, 0.5) is 0 Å². The zero-order chi connectivity index (χ0) is 19.5. The molecule has 1 amide bonds. The fourth-order valence-corrected chi connectivity index (χ4v) is 3.04. The standard InChI is InChI=1S/C22H43NO3/c1-3-5-6-7-8-9-10-11-12-13-14-15-16-18-21(25)20(19-24)23-22(26)17-4-2/h16,18,20-21,24-25H,3-15,17,19H2,1-2H3,(H,23,26)/t20-,21+/m0/s1. The van der Waals surface area contributed by atoms with E-state index in [4.69, 9.17) is 0 Å². The van der Waals surface area contributed by atoms with Crippen LogP contribution in [0.1, 0.15) is 104 Å². The van der Waals surface area contributed by atoms with Crippen molar-refractivity contribution in [2.75, 3.05) is 6.61 Å². The Kier molecular flexibility index (Phi) is 18.3. The van der Waals surface area contributed by atoms with Gasteiger partial charge in [0.2, 0.25) is 5.91 Å². The van der Waals surface area contributed by atoms with Crippen molar-refractivity contribution in [2.24, 2.45) is 0 Å². The minimum Gasteiger partial charge on any atom is -0.394 e. The second-order valence-corrected chi connectivity index (χ2v) is 7.35. The van der Waals surface area contributed by atoms with Crippen LogP contribution >= 0.6 is 0 Å². The first-order valence-electron chi connectivity index (χ1n) is 10.9. The molecule has 0 aromatic heterocycles. The van der Waals surface area contributed by atoms with Gasteiger partial charge in [-0.3, -0.25) is 4.79 Å². The molecule has 0 aromatic rings. The summed E-state index contributed by atoms with van der Waals surface area (Å²) in [6, 6.07) is -0.609. The van der Waals surface area contributed by atoms with E-state index in [9.17, 15) is 15.0 Å². The lowest BCUT2D eigenvalue weighted by Crippen LogP contribution is -2.45. The molecule has 0 aliphatic carbocycles. The van der Waals surface area contributed by atoms with Gasteiger partial charge >= 0.3 is 0 Å². The Balaban J connectivity index is 3.59. The van der Waals surface area contributed by atoms with Crippen LogP contribution in [0.15, 0.2) is 12.2 Å². The van der Waals surface area contributed by atoms with E-state index >= 15 is 0 Å². The Morgan fingerprint density at radius 1 is 0.885 bits per heavy atom. The molecule has 4 nitrogen and oxygen atoms in total. The maximum atomic E-state index is 11.5. The Labute approximate surface area is 161 Å². The molecule has 0 spiro atoms. The Bertz CT molecular complexity index is 344. The highest BCUT2D eigenvalue weighted by atomic mass is 16.3. The van der Waals surface area contributed by atoms with Crippen LogP contribution in [-0.2, 0) is 4.79 Å². The number of aliphatic hydroxyl groups is 2. The van der Waals surface area contributed by atoms with Gasteiger partial charge in [0.1, 0.15) is 0 Å². The topological polar surface area (TPSA) is 69.6 Å². The van der Waals surface area contributed by atoms with Crippen LogP contribution in [0.25, 0.3) is 0 Å². The first-order valence-corrected chi connectivity index (χ1v) is 10.9. The van der Waals surface area contributed by atoms with Gasteiger partial charge in [-0.25, -0.2) is 0 Å². The van der Waals surface area contributed by atoms with Gasteiger partial charge in [0.15, 0.2) is 0 Å². The number of nitrogens with one attached hydrogen (secondary N) is 1. The zero-order valence-electron chi connectivity index (χ0n) is 17.2. The van der Waals surface area contributed by atoms with E-state index in [-0.39, 0.29) is 12.5 Å². The number of amides is 1. The van der Waals surface area contributed by atoms with Crippen LogP contribution in [0.2, 0.25) is 0 Å². The predicted octanol–water partition coefficient (Wildman–Crippen LogP) is 4.88. The van der Waals surface area contributed by atoms with Gasteiger partial charge < -0.3 is 15.5 Å². The van der Waals surface area contributed by atoms with Crippen molar-refractivity contribution in [1.29, 1.82) is 0 Å². The van der Waals surface area contributed by atoms with Gasteiger partial charge in [-0.1, -0.05) is 90.2 Å². The monoisotopic (exact) mass is 369 g/mol. The highest BCUT2D eigenvalue weighted by molar-refractivity contribution is 5.76. The molecule has 3 N–H and O–H groups in total. The molecule has 0 bridgehead atoms. The summed E-state index contributed by atoms with van der Waals surface area (Å²) in [5.41, 5.74) is 0. The summed E-state index contributed by atoms with van der Waals surface area (Å²) in [6.07, 6.45) is 19.6. The van der Waals surface area contributed by atoms with E-state index in [0.29, 0.717) is 6.42 Å². The molecule has 0 aromatic carbocycles. The third-order valence-corrected chi connectivity index (χ3v) is 4.74. The lowest BCUT2D eigenvalue weighted by Gasteiger charge is -2.19. The molecule has 0 saturated carbocycles. The van der Waals surface area contributed by atoms with E-state index in [0.717, 1.165) is 19.3 Å². The van der Waals surface area contributed by atoms with E-state index in [2.05, 4.69) is 12.2 Å². The SMILES string of the molecule is CCCCCCCCCCCCCC=C[C@@H](O)[C@H](CO)NC(=O)CCC. The van der Waals surface area contributed by atoms with Crippen molar-refractivity contribution >= 4 is 5.91 Å². The average molecular weight is 370 g/mol. The van der Waals surface area contributed by atoms with Crippen LogP contribution in [0.5, 0.6) is 0 Å². The van der Waals surface area contributed by atoms with Crippen LogP contribution in [0, 0.1) is 0 Å². The molecule has 154 valence electrons. The average Bonchev–Trinajstić information content (AvgIpc) is 2.63. The summed E-state index contributed by atoms with van der Waals surface area (Å²) in [4.78, 5) is 11.5. The number of hydrogen-bond donors (Lipinski definition) is 3. The summed E-state index contributed by atoms with van der Waals surface area (Å²) in [7, 11) is 0. The zero-order valence-corrected chi connectivity index (χ0v) is 17.2. The van der Waals surface area contributed by atoms with E-state index < -0.39 is 12.1 Å². The van der Waals surface area contributed by atoms with Gasteiger partial charge in [0.05, 0.1) is 18.8 Å². The molecule has 0 heterocycles. The Hall–Kier alpha value is -0.870. The first-order chi connectivity index (χ1) is 12.7. The van der Waals surface area contributed by atoms with Crippen molar-refractivity contribution in [3.63, 3.8) is 0 Å². The molecule has 26 heavy (non-hydrogen) atoms. The summed E-state index contributed by atoms with van der Waals surface area (Å²) in [5, 5.41) is 22.0. The van der Waals surface area contributed by atoms with Crippen molar-refractivity contribution in [1.82, 2.24) is 5.32 Å². The second kappa shape index (κ2) is 18.9. The summed E-state index contributed by atoms with van der Waals surface area (Å²) in [5.74, 6) is -0.121. The van der Waals surface area contributed by atoms with Gasteiger partial charge in [0.25, 0.3) is 0 Å². The van der Waals surface area contributed by atoms with Gasteiger partial charge in [0, 0.05) is 6.42 Å². The molecule has 2 atom stereocenters. The predicted molar refractivity (Wildman–Crippen MR) is 110 cm³/mol. The summed E-state index contributed by atoms with van der Waals surface area (Å²) < 4.78 is 0. The molecule has 4 heteroatoms. The third kappa shape index (κ3) is 15.4. The number of unbranched alkanes of at least 4 members (excludes halogenated alkanes) is 11. The smallest absolute Gasteiger partial charge is 0.220 e. The highest BCUT2D eigenvalue weighted by Gasteiger charge is 2.17. The molecule has 0 unspecified atom stereocenters. The molecule has 0 aliphatic heterocycles. The Morgan fingerprint density at radius 3 is 1.92 bits per heavy atom.